The third kappa shape index (κ3) is 4.36. The van der Waals surface area contributed by atoms with Gasteiger partial charge in [-0.05, 0) is 37.8 Å². The predicted molar refractivity (Wildman–Crippen MR) is 72.9 cm³/mol. The van der Waals surface area contributed by atoms with E-state index in [0.29, 0.717) is 18.5 Å². The topological polar surface area (TPSA) is 71.5 Å². The van der Waals surface area contributed by atoms with Crippen LogP contribution in [0.2, 0.25) is 5.15 Å². The lowest BCUT2D eigenvalue weighted by Crippen LogP contribution is -2.22. The zero-order valence-corrected chi connectivity index (χ0v) is 11.3. The van der Waals surface area contributed by atoms with E-state index in [1.165, 1.54) is 18.6 Å². The number of pyridine rings is 1. The first-order chi connectivity index (χ1) is 9.15. The summed E-state index contributed by atoms with van der Waals surface area (Å²) in [6.45, 7) is 1.53. The summed E-state index contributed by atoms with van der Waals surface area (Å²) >= 11 is 5.78. The van der Waals surface area contributed by atoms with Crippen LogP contribution in [0, 0.1) is 0 Å². The third-order valence-corrected chi connectivity index (χ3v) is 3.28. The van der Waals surface area contributed by atoms with Gasteiger partial charge in [-0.1, -0.05) is 11.6 Å². The van der Waals surface area contributed by atoms with Gasteiger partial charge in [0.05, 0.1) is 11.7 Å². The SMILES string of the molecule is O=C(O)c1cc(Cl)nc(NCCC2CCCCO2)c1. The van der Waals surface area contributed by atoms with E-state index in [9.17, 15) is 4.79 Å². The quantitative estimate of drug-likeness (QED) is 0.814. The first-order valence-electron chi connectivity index (χ1n) is 6.41. The van der Waals surface area contributed by atoms with Gasteiger partial charge in [0.15, 0.2) is 0 Å². The van der Waals surface area contributed by atoms with Crippen molar-refractivity contribution in [2.24, 2.45) is 0 Å². The number of halogens is 1. The number of hydrogen-bond donors (Lipinski definition) is 2. The summed E-state index contributed by atoms with van der Waals surface area (Å²) in [7, 11) is 0. The number of carboxylic acid groups (broad SMARTS) is 1. The number of anilines is 1. The normalized spacial score (nSPS) is 19.1. The van der Waals surface area contributed by atoms with Gasteiger partial charge in [0.25, 0.3) is 0 Å². The molecule has 0 aromatic carbocycles. The van der Waals surface area contributed by atoms with Gasteiger partial charge in [-0.15, -0.1) is 0 Å². The fourth-order valence-corrected chi connectivity index (χ4v) is 2.32. The van der Waals surface area contributed by atoms with Crippen LogP contribution in [0.15, 0.2) is 12.1 Å². The summed E-state index contributed by atoms with van der Waals surface area (Å²) in [6, 6.07) is 2.81. The molecule has 2 heterocycles. The highest BCUT2D eigenvalue weighted by atomic mass is 35.5. The summed E-state index contributed by atoms with van der Waals surface area (Å²) < 4.78 is 5.62. The standard InChI is InChI=1S/C13H17ClN2O3/c14-11-7-9(13(17)18)8-12(16-11)15-5-4-10-3-1-2-6-19-10/h7-8,10H,1-6H2,(H,15,16)(H,17,18). The molecule has 1 aliphatic heterocycles. The van der Waals surface area contributed by atoms with E-state index >= 15 is 0 Å². The van der Waals surface area contributed by atoms with Crippen molar-refractivity contribution in [3.63, 3.8) is 0 Å². The molecule has 5 nitrogen and oxygen atoms in total. The van der Waals surface area contributed by atoms with Crippen molar-refractivity contribution in [3.8, 4) is 0 Å². The van der Waals surface area contributed by atoms with Gasteiger partial charge >= 0.3 is 5.97 Å². The lowest BCUT2D eigenvalue weighted by molar-refractivity contribution is 0.0134. The number of aromatic carboxylic acids is 1. The number of ether oxygens (including phenoxy) is 1. The lowest BCUT2D eigenvalue weighted by Gasteiger charge is -2.22. The van der Waals surface area contributed by atoms with Gasteiger partial charge in [-0.25, -0.2) is 9.78 Å². The fourth-order valence-electron chi connectivity index (χ4n) is 2.11. The van der Waals surface area contributed by atoms with E-state index < -0.39 is 5.97 Å². The van der Waals surface area contributed by atoms with Crippen LogP contribution < -0.4 is 5.32 Å². The number of rotatable bonds is 5. The van der Waals surface area contributed by atoms with Crippen molar-refractivity contribution in [2.75, 3.05) is 18.5 Å². The second-order valence-corrected chi connectivity index (χ2v) is 4.96. The average Bonchev–Trinajstić information content (AvgIpc) is 2.39. The summed E-state index contributed by atoms with van der Waals surface area (Å²) in [5.41, 5.74) is 0.136. The highest BCUT2D eigenvalue weighted by Gasteiger charge is 2.13. The van der Waals surface area contributed by atoms with Crippen molar-refractivity contribution in [2.45, 2.75) is 31.8 Å². The summed E-state index contributed by atoms with van der Waals surface area (Å²) in [5, 5.41) is 12.2. The van der Waals surface area contributed by atoms with Gasteiger partial charge in [-0.3, -0.25) is 0 Å². The van der Waals surface area contributed by atoms with Crippen LogP contribution >= 0.6 is 11.6 Å². The molecule has 6 heteroatoms. The van der Waals surface area contributed by atoms with Crippen molar-refractivity contribution >= 4 is 23.4 Å². The van der Waals surface area contributed by atoms with Gasteiger partial charge in [0.1, 0.15) is 11.0 Å². The van der Waals surface area contributed by atoms with E-state index in [2.05, 4.69) is 10.3 Å². The number of carboxylic acids is 1. The smallest absolute Gasteiger partial charge is 0.335 e. The molecule has 1 unspecified atom stereocenters. The zero-order chi connectivity index (χ0) is 13.7. The number of carbonyl (C=O) groups is 1. The monoisotopic (exact) mass is 284 g/mol. The molecular weight excluding hydrogens is 268 g/mol. The highest BCUT2D eigenvalue weighted by molar-refractivity contribution is 6.29. The molecule has 0 bridgehead atoms. The molecule has 19 heavy (non-hydrogen) atoms. The highest BCUT2D eigenvalue weighted by Crippen LogP contribution is 2.17. The maximum Gasteiger partial charge on any atom is 0.335 e. The summed E-state index contributed by atoms with van der Waals surface area (Å²) in [4.78, 5) is 14.9. The van der Waals surface area contributed by atoms with E-state index in [1.54, 1.807) is 0 Å². The third-order valence-electron chi connectivity index (χ3n) is 3.09. The van der Waals surface area contributed by atoms with Crippen LogP contribution in [0.5, 0.6) is 0 Å². The first-order valence-corrected chi connectivity index (χ1v) is 6.79. The van der Waals surface area contributed by atoms with Gasteiger partial charge in [0.2, 0.25) is 0 Å². The van der Waals surface area contributed by atoms with Crippen molar-refractivity contribution in [3.05, 3.63) is 22.8 Å². The van der Waals surface area contributed by atoms with Crippen molar-refractivity contribution in [1.82, 2.24) is 4.98 Å². The number of hydrogen-bond acceptors (Lipinski definition) is 4. The molecule has 1 fully saturated rings. The number of aromatic nitrogens is 1. The number of nitrogens with one attached hydrogen (secondary N) is 1. The van der Waals surface area contributed by atoms with Crippen LogP contribution in [0.3, 0.4) is 0 Å². The maximum absolute atomic E-state index is 10.9. The molecule has 0 aliphatic carbocycles. The Balaban J connectivity index is 1.86. The van der Waals surface area contributed by atoms with E-state index in [-0.39, 0.29) is 10.7 Å². The molecule has 1 atom stereocenters. The van der Waals surface area contributed by atoms with Crippen LogP contribution in [-0.4, -0.2) is 35.3 Å². The second kappa shape index (κ2) is 6.73. The molecular formula is C13H17ClN2O3. The van der Waals surface area contributed by atoms with Crippen molar-refractivity contribution < 1.29 is 14.6 Å². The number of nitrogens with zero attached hydrogens (tertiary/aromatic N) is 1. The van der Waals surface area contributed by atoms with Crippen LogP contribution in [0.4, 0.5) is 5.82 Å². The van der Waals surface area contributed by atoms with Crippen LogP contribution in [0.25, 0.3) is 0 Å². The minimum absolute atomic E-state index is 0.136. The fraction of sp³-hybridized carbons (Fsp3) is 0.538. The van der Waals surface area contributed by atoms with E-state index in [1.807, 2.05) is 0 Å². The Morgan fingerprint density at radius 2 is 2.37 bits per heavy atom. The van der Waals surface area contributed by atoms with Crippen LogP contribution in [0.1, 0.15) is 36.0 Å². The minimum Gasteiger partial charge on any atom is -0.478 e. The predicted octanol–water partition coefficient (Wildman–Crippen LogP) is 2.80. The average molecular weight is 285 g/mol. The Hall–Kier alpha value is -1.33. The molecule has 0 radical (unpaired) electrons. The summed E-state index contributed by atoms with van der Waals surface area (Å²) in [5.74, 6) is -0.524. The zero-order valence-electron chi connectivity index (χ0n) is 10.6. The second-order valence-electron chi connectivity index (χ2n) is 4.57. The largest absolute Gasteiger partial charge is 0.478 e. The Labute approximate surface area is 116 Å². The molecule has 2 N–H and O–H groups in total. The van der Waals surface area contributed by atoms with Gasteiger partial charge < -0.3 is 15.2 Å². The molecule has 0 amide bonds. The molecule has 1 aliphatic rings. The van der Waals surface area contributed by atoms with Crippen molar-refractivity contribution in [1.29, 1.82) is 0 Å². The van der Waals surface area contributed by atoms with E-state index in [4.69, 9.17) is 21.4 Å². The Morgan fingerprint density at radius 3 is 3.05 bits per heavy atom. The first kappa shape index (κ1) is 14.1. The lowest BCUT2D eigenvalue weighted by atomic mass is 10.1. The van der Waals surface area contributed by atoms with Gasteiger partial charge in [-0.2, -0.15) is 0 Å². The minimum atomic E-state index is -1.01. The molecule has 104 valence electrons. The van der Waals surface area contributed by atoms with Gasteiger partial charge in [0, 0.05) is 13.2 Å². The molecule has 1 aromatic rings. The molecule has 2 rings (SSSR count). The Bertz CT molecular complexity index is 448. The summed E-state index contributed by atoms with van der Waals surface area (Å²) in [6.07, 6.45) is 4.62. The maximum atomic E-state index is 10.9. The molecule has 0 saturated carbocycles. The van der Waals surface area contributed by atoms with E-state index in [0.717, 1.165) is 25.9 Å². The van der Waals surface area contributed by atoms with Crippen LogP contribution in [-0.2, 0) is 4.74 Å². The molecule has 0 spiro atoms. The Kier molecular flexibility index (Phi) is 4.99. The Morgan fingerprint density at radius 1 is 1.53 bits per heavy atom. The molecule has 1 aromatic heterocycles. The molecule has 1 saturated heterocycles.